The predicted molar refractivity (Wildman–Crippen MR) is 98.3 cm³/mol. The lowest BCUT2D eigenvalue weighted by Gasteiger charge is -2.32. The van der Waals surface area contributed by atoms with E-state index < -0.39 is 11.5 Å². The lowest BCUT2D eigenvalue weighted by molar-refractivity contribution is 0.0695. The summed E-state index contributed by atoms with van der Waals surface area (Å²) in [5.74, 6) is -1.21. The summed E-state index contributed by atoms with van der Waals surface area (Å²) < 4.78 is 0. The molecule has 1 fully saturated rings. The zero-order valence-corrected chi connectivity index (χ0v) is 14.3. The molecule has 0 aliphatic carbocycles. The molecule has 1 aliphatic rings. The smallest absolute Gasteiger partial charge is 0.341 e. The molecule has 2 aromatic rings. The van der Waals surface area contributed by atoms with E-state index in [4.69, 9.17) is 10.8 Å². The van der Waals surface area contributed by atoms with E-state index in [1.54, 1.807) is 0 Å². The van der Waals surface area contributed by atoms with Gasteiger partial charge in [0.1, 0.15) is 5.56 Å². The van der Waals surface area contributed by atoms with Crippen molar-refractivity contribution in [3.05, 3.63) is 51.8 Å². The number of anilines is 1. The molecule has 0 amide bonds. The number of aromatic nitrogens is 1. The first-order valence-electron chi connectivity index (χ1n) is 8.60. The van der Waals surface area contributed by atoms with E-state index in [2.05, 4.69) is 9.88 Å². The summed E-state index contributed by atoms with van der Waals surface area (Å²) in [6.45, 7) is 3.84. The molecule has 6 heteroatoms. The second kappa shape index (κ2) is 7.11. The Kier molecular flexibility index (Phi) is 4.90. The SMILES string of the molecule is CCc1cc(C(=O)O)c(=O)[nH]c1-c1ccc(N2CCC(N)CC2)cc1. The normalized spacial score (nSPS) is 15.4. The van der Waals surface area contributed by atoms with Crippen LogP contribution < -0.4 is 16.2 Å². The fraction of sp³-hybridized carbons (Fsp3) is 0.368. The predicted octanol–water partition coefficient (Wildman–Crippen LogP) is 2.23. The van der Waals surface area contributed by atoms with Crippen LogP contribution >= 0.6 is 0 Å². The van der Waals surface area contributed by atoms with Crippen molar-refractivity contribution in [3.8, 4) is 11.3 Å². The third-order valence-electron chi connectivity index (χ3n) is 4.79. The highest BCUT2D eigenvalue weighted by Gasteiger charge is 2.17. The van der Waals surface area contributed by atoms with Crippen LogP contribution in [0.2, 0.25) is 0 Å². The molecule has 3 rings (SSSR count). The second-order valence-electron chi connectivity index (χ2n) is 6.44. The quantitative estimate of drug-likeness (QED) is 0.792. The molecule has 0 saturated carbocycles. The van der Waals surface area contributed by atoms with Crippen molar-refractivity contribution in [3.63, 3.8) is 0 Å². The zero-order chi connectivity index (χ0) is 18.0. The molecule has 2 heterocycles. The lowest BCUT2D eigenvalue weighted by Crippen LogP contribution is -2.39. The number of aromatic carboxylic acids is 1. The van der Waals surface area contributed by atoms with Crippen LogP contribution in [0.5, 0.6) is 0 Å². The van der Waals surface area contributed by atoms with E-state index in [0.29, 0.717) is 18.2 Å². The molecule has 0 spiro atoms. The van der Waals surface area contributed by atoms with E-state index in [1.807, 2.05) is 31.2 Å². The molecular weight excluding hydrogens is 318 g/mol. The molecule has 4 N–H and O–H groups in total. The number of H-pyrrole nitrogens is 1. The van der Waals surface area contributed by atoms with Gasteiger partial charge in [-0.3, -0.25) is 4.79 Å². The van der Waals surface area contributed by atoms with Crippen molar-refractivity contribution in [1.29, 1.82) is 0 Å². The molecule has 0 atom stereocenters. The first-order valence-corrected chi connectivity index (χ1v) is 8.60. The summed E-state index contributed by atoms with van der Waals surface area (Å²) in [6.07, 6.45) is 2.62. The number of carbonyl (C=O) groups is 1. The number of rotatable bonds is 4. The van der Waals surface area contributed by atoms with Gasteiger partial charge in [-0.15, -0.1) is 0 Å². The molecule has 1 aromatic carbocycles. The highest BCUT2D eigenvalue weighted by molar-refractivity contribution is 5.88. The Morgan fingerprint density at radius 3 is 2.48 bits per heavy atom. The van der Waals surface area contributed by atoms with E-state index in [0.717, 1.165) is 42.7 Å². The largest absolute Gasteiger partial charge is 0.477 e. The summed E-state index contributed by atoms with van der Waals surface area (Å²) in [5, 5.41) is 9.11. The lowest BCUT2D eigenvalue weighted by atomic mass is 10.0. The van der Waals surface area contributed by atoms with Crippen molar-refractivity contribution in [2.75, 3.05) is 18.0 Å². The molecule has 25 heavy (non-hydrogen) atoms. The maximum absolute atomic E-state index is 12.0. The van der Waals surface area contributed by atoms with Crippen LogP contribution in [0.15, 0.2) is 35.1 Å². The van der Waals surface area contributed by atoms with Gasteiger partial charge in [-0.2, -0.15) is 0 Å². The number of nitrogens with one attached hydrogen (secondary N) is 1. The van der Waals surface area contributed by atoms with E-state index in [1.165, 1.54) is 6.07 Å². The van der Waals surface area contributed by atoms with Crippen LogP contribution in [0, 0.1) is 0 Å². The number of aryl methyl sites for hydroxylation is 1. The van der Waals surface area contributed by atoms with Crippen LogP contribution in [-0.2, 0) is 6.42 Å². The summed E-state index contributed by atoms with van der Waals surface area (Å²) in [7, 11) is 0. The Bertz CT molecular complexity index is 819. The van der Waals surface area contributed by atoms with Gasteiger partial charge in [0.25, 0.3) is 5.56 Å². The Morgan fingerprint density at radius 2 is 1.92 bits per heavy atom. The average Bonchev–Trinajstić information content (AvgIpc) is 2.62. The van der Waals surface area contributed by atoms with Gasteiger partial charge in [0.2, 0.25) is 0 Å². The van der Waals surface area contributed by atoms with Gasteiger partial charge in [-0.1, -0.05) is 19.1 Å². The van der Waals surface area contributed by atoms with Crippen molar-refractivity contribution in [2.45, 2.75) is 32.2 Å². The highest BCUT2D eigenvalue weighted by atomic mass is 16.4. The van der Waals surface area contributed by atoms with Crippen molar-refractivity contribution < 1.29 is 9.90 Å². The zero-order valence-electron chi connectivity index (χ0n) is 14.3. The number of carboxylic acids is 1. The third-order valence-corrected chi connectivity index (χ3v) is 4.79. The molecule has 6 nitrogen and oxygen atoms in total. The Morgan fingerprint density at radius 1 is 1.28 bits per heavy atom. The van der Waals surface area contributed by atoms with Crippen molar-refractivity contribution >= 4 is 11.7 Å². The minimum atomic E-state index is -1.21. The fourth-order valence-electron chi connectivity index (χ4n) is 3.26. The van der Waals surface area contributed by atoms with Gasteiger partial charge in [0.05, 0.1) is 5.69 Å². The summed E-state index contributed by atoms with van der Waals surface area (Å²) >= 11 is 0. The molecule has 132 valence electrons. The second-order valence-corrected chi connectivity index (χ2v) is 6.44. The molecule has 1 saturated heterocycles. The van der Waals surface area contributed by atoms with Crippen molar-refractivity contribution in [2.24, 2.45) is 5.73 Å². The van der Waals surface area contributed by atoms with Gasteiger partial charge in [0.15, 0.2) is 0 Å². The monoisotopic (exact) mass is 341 g/mol. The molecule has 0 unspecified atom stereocenters. The minimum Gasteiger partial charge on any atom is -0.477 e. The number of aromatic amines is 1. The third kappa shape index (κ3) is 3.58. The first kappa shape index (κ1) is 17.2. The molecule has 0 radical (unpaired) electrons. The number of hydrogen-bond acceptors (Lipinski definition) is 4. The van der Waals surface area contributed by atoms with E-state index >= 15 is 0 Å². The number of nitrogens with two attached hydrogens (primary N) is 1. The Hall–Kier alpha value is -2.60. The molecular formula is C19H23N3O3. The number of piperidine rings is 1. The van der Waals surface area contributed by atoms with Crippen LogP contribution in [0.25, 0.3) is 11.3 Å². The number of nitrogens with zero attached hydrogens (tertiary/aromatic N) is 1. The molecule has 1 aliphatic heterocycles. The standard InChI is InChI=1S/C19H23N3O3/c1-2-12-11-16(19(24)25)18(23)21-17(12)13-3-5-15(6-4-13)22-9-7-14(20)8-10-22/h3-6,11,14H,2,7-10,20H2,1H3,(H,21,23)(H,24,25). The highest BCUT2D eigenvalue weighted by Crippen LogP contribution is 2.26. The number of pyridine rings is 1. The van der Waals surface area contributed by atoms with Gasteiger partial charge in [0, 0.05) is 24.8 Å². The maximum atomic E-state index is 12.0. The van der Waals surface area contributed by atoms with Crippen LogP contribution in [0.1, 0.15) is 35.7 Å². The van der Waals surface area contributed by atoms with Crippen LogP contribution in [-0.4, -0.2) is 35.2 Å². The van der Waals surface area contributed by atoms with Gasteiger partial charge < -0.3 is 20.7 Å². The van der Waals surface area contributed by atoms with Gasteiger partial charge >= 0.3 is 5.97 Å². The van der Waals surface area contributed by atoms with Crippen LogP contribution in [0.4, 0.5) is 5.69 Å². The van der Waals surface area contributed by atoms with Gasteiger partial charge in [-0.05, 0) is 48.6 Å². The number of carboxylic acid groups (broad SMARTS) is 1. The maximum Gasteiger partial charge on any atom is 0.341 e. The Balaban J connectivity index is 1.91. The van der Waals surface area contributed by atoms with E-state index in [9.17, 15) is 9.59 Å². The van der Waals surface area contributed by atoms with Crippen LogP contribution in [0.3, 0.4) is 0 Å². The summed E-state index contributed by atoms with van der Waals surface area (Å²) in [5.41, 5.74) is 8.67. The minimum absolute atomic E-state index is 0.220. The molecule has 1 aromatic heterocycles. The summed E-state index contributed by atoms with van der Waals surface area (Å²) in [4.78, 5) is 28.2. The van der Waals surface area contributed by atoms with E-state index in [-0.39, 0.29) is 5.56 Å². The fourth-order valence-corrected chi connectivity index (χ4v) is 3.26. The summed E-state index contributed by atoms with van der Waals surface area (Å²) in [6, 6.07) is 9.77. The van der Waals surface area contributed by atoms with Crippen molar-refractivity contribution in [1.82, 2.24) is 4.98 Å². The number of hydrogen-bond donors (Lipinski definition) is 3. The first-order chi connectivity index (χ1) is 12.0. The average molecular weight is 341 g/mol. The topological polar surface area (TPSA) is 99.4 Å². The Labute approximate surface area is 146 Å². The molecule has 0 bridgehead atoms. The number of benzene rings is 1. The van der Waals surface area contributed by atoms with Gasteiger partial charge in [-0.25, -0.2) is 4.79 Å².